The summed E-state index contributed by atoms with van der Waals surface area (Å²) >= 11 is 0. The summed E-state index contributed by atoms with van der Waals surface area (Å²) < 4.78 is 0. The van der Waals surface area contributed by atoms with Crippen LogP contribution in [0.5, 0.6) is 0 Å². The Morgan fingerprint density at radius 1 is 1.22 bits per heavy atom. The van der Waals surface area contributed by atoms with Crippen LogP contribution in [-0.2, 0) is 9.59 Å². The van der Waals surface area contributed by atoms with Gasteiger partial charge in [-0.2, -0.15) is 0 Å². The fourth-order valence-corrected chi connectivity index (χ4v) is 1.81. The highest BCUT2D eigenvalue weighted by molar-refractivity contribution is 5.87. The van der Waals surface area contributed by atoms with Crippen LogP contribution in [0.4, 0.5) is 0 Å². The number of nitrogens with one attached hydrogen (secondary N) is 1. The maximum Gasteiger partial charge on any atom is 0.303 e. The van der Waals surface area contributed by atoms with Gasteiger partial charge in [-0.3, -0.25) is 9.59 Å². The van der Waals surface area contributed by atoms with Gasteiger partial charge in [0, 0.05) is 19.0 Å². The van der Waals surface area contributed by atoms with Crippen molar-refractivity contribution in [2.75, 3.05) is 6.54 Å². The molecule has 0 saturated heterocycles. The highest BCUT2D eigenvalue weighted by Crippen LogP contribution is 2.20. The van der Waals surface area contributed by atoms with Gasteiger partial charge >= 0.3 is 5.97 Å². The van der Waals surface area contributed by atoms with Crippen LogP contribution in [0.2, 0.25) is 0 Å². The average Bonchev–Trinajstić information content (AvgIpc) is 2.20. The molecule has 0 aliphatic rings. The largest absolute Gasteiger partial charge is 0.481 e. The van der Waals surface area contributed by atoms with Crippen LogP contribution < -0.4 is 5.32 Å². The summed E-state index contributed by atoms with van der Waals surface area (Å²) in [5.41, 5.74) is 0.971. The average molecular weight is 255 g/mol. The summed E-state index contributed by atoms with van der Waals surface area (Å²) in [7, 11) is 0. The Bertz CT molecular complexity index is 304. The predicted molar refractivity (Wildman–Crippen MR) is 72.3 cm³/mol. The van der Waals surface area contributed by atoms with Gasteiger partial charge in [0.25, 0.3) is 0 Å². The van der Waals surface area contributed by atoms with Crippen molar-refractivity contribution in [2.45, 2.75) is 47.0 Å². The van der Waals surface area contributed by atoms with E-state index in [0.717, 1.165) is 12.0 Å². The van der Waals surface area contributed by atoms with E-state index in [1.807, 2.05) is 13.8 Å². The number of carboxylic acid groups (broad SMARTS) is 1. The van der Waals surface area contributed by atoms with E-state index < -0.39 is 5.97 Å². The molecule has 0 saturated carbocycles. The first-order valence-electron chi connectivity index (χ1n) is 6.47. The van der Waals surface area contributed by atoms with Gasteiger partial charge in [-0.25, -0.2) is 0 Å². The third kappa shape index (κ3) is 8.79. The standard InChI is InChI=1S/C14H25NO3/c1-10(2)9-13(16)15-8-7-12(11(3)4)5-6-14(17)18/h9,11-12H,5-8H2,1-4H3,(H,15,16)(H,17,18). The molecule has 1 atom stereocenters. The topological polar surface area (TPSA) is 66.4 Å². The van der Waals surface area contributed by atoms with E-state index in [-0.39, 0.29) is 12.3 Å². The summed E-state index contributed by atoms with van der Waals surface area (Å²) in [6, 6.07) is 0. The van der Waals surface area contributed by atoms with Crippen molar-refractivity contribution >= 4 is 11.9 Å². The number of amides is 1. The zero-order valence-corrected chi connectivity index (χ0v) is 11.8. The summed E-state index contributed by atoms with van der Waals surface area (Å²) in [6.45, 7) is 8.53. The van der Waals surface area contributed by atoms with Crippen molar-refractivity contribution in [1.82, 2.24) is 5.32 Å². The number of allylic oxidation sites excluding steroid dienone is 1. The van der Waals surface area contributed by atoms with Crippen molar-refractivity contribution in [1.29, 1.82) is 0 Å². The number of rotatable bonds is 8. The SMILES string of the molecule is CC(C)=CC(=O)NCCC(CCC(=O)O)C(C)C. The van der Waals surface area contributed by atoms with Gasteiger partial charge in [0.1, 0.15) is 0 Å². The highest BCUT2D eigenvalue weighted by atomic mass is 16.4. The lowest BCUT2D eigenvalue weighted by Crippen LogP contribution is -2.25. The fraction of sp³-hybridized carbons (Fsp3) is 0.714. The molecule has 1 unspecified atom stereocenters. The van der Waals surface area contributed by atoms with E-state index in [0.29, 0.717) is 24.8 Å². The van der Waals surface area contributed by atoms with Crippen LogP contribution >= 0.6 is 0 Å². The maximum atomic E-state index is 11.4. The van der Waals surface area contributed by atoms with E-state index in [4.69, 9.17) is 5.11 Å². The van der Waals surface area contributed by atoms with Gasteiger partial charge in [-0.1, -0.05) is 19.4 Å². The van der Waals surface area contributed by atoms with Crippen molar-refractivity contribution in [3.8, 4) is 0 Å². The third-order valence-electron chi connectivity index (χ3n) is 2.91. The van der Waals surface area contributed by atoms with E-state index in [1.54, 1.807) is 6.08 Å². The van der Waals surface area contributed by atoms with Crippen LogP contribution in [0, 0.1) is 11.8 Å². The summed E-state index contributed by atoms with van der Waals surface area (Å²) in [5, 5.41) is 11.5. The normalized spacial score (nSPS) is 12.1. The lowest BCUT2D eigenvalue weighted by Gasteiger charge is -2.20. The highest BCUT2D eigenvalue weighted by Gasteiger charge is 2.14. The molecule has 0 bridgehead atoms. The number of carbonyl (C=O) groups is 2. The third-order valence-corrected chi connectivity index (χ3v) is 2.91. The summed E-state index contributed by atoms with van der Waals surface area (Å²) in [4.78, 5) is 21.9. The van der Waals surface area contributed by atoms with Crippen LogP contribution in [0.25, 0.3) is 0 Å². The van der Waals surface area contributed by atoms with E-state index in [2.05, 4.69) is 19.2 Å². The van der Waals surface area contributed by atoms with Gasteiger partial charge in [0.2, 0.25) is 5.91 Å². The second-order valence-electron chi connectivity index (χ2n) is 5.24. The van der Waals surface area contributed by atoms with E-state index >= 15 is 0 Å². The molecule has 0 aliphatic carbocycles. The first kappa shape index (κ1) is 16.7. The number of hydrogen-bond donors (Lipinski definition) is 2. The zero-order valence-electron chi connectivity index (χ0n) is 11.8. The smallest absolute Gasteiger partial charge is 0.303 e. The monoisotopic (exact) mass is 255 g/mol. The fourth-order valence-electron chi connectivity index (χ4n) is 1.81. The minimum atomic E-state index is -0.755. The number of carbonyl (C=O) groups excluding carboxylic acids is 1. The number of aliphatic carboxylic acids is 1. The van der Waals surface area contributed by atoms with Gasteiger partial charge in [-0.15, -0.1) is 0 Å². The molecule has 0 aromatic heterocycles. The lowest BCUT2D eigenvalue weighted by molar-refractivity contribution is -0.137. The minimum Gasteiger partial charge on any atom is -0.481 e. The Balaban J connectivity index is 4.01. The van der Waals surface area contributed by atoms with Crippen molar-refractivity contribution in [2.24, 2.45) is 11.8 Å². The molecular formula is C14H25NO3. The van der Waals surface area contributed by atoms with Gasteiger partial charge in [0.15, 0.2) is 0 Å². The molecule has 0 aromatic carbocycles. The Morgan fingerprint density at radius 2 is 1.83 bits per heavy atom. The van der Waals surface area contributed by atoms with Crippen LogP contribution in [0.15, 0.2) is 11.6 Å². The quantitative estimate of drug-likeness (QED) is 0.655. The van der Waals surface area contributed by atoms with Gasteiger partial charge < -0.3 is 10.4 Å². The zero-order chi connectivity index (χ0) is 14.1. The molecule has 18 heavy (non-hydrogen) atoms. The first-order chi connectivity index (χ1) is 8.32. The number of carboxylic acids is 1. The number of hydrogen-bond acceptors (Lipinski definition) is 2. The Kier molecular flexibility index (Phi) is 8.08. The Morgan fingerprint density at radius 3 is 2.28 bits per heavy atom. The molecule has 4 heteroatoms. The van der Waals surface area contributed by atoms with Gasteiger partial charge in [0.05, 0.1) is 0 Å². The molecule has 104 valence electrons. The van der Waals surface area contributed by atoms with Crippen LogP contribution in [0.3, 0.4) is 0 Å². The summed E-state index contributed by atoms with van der Waals surface area (Å²) in [5.74, 6) is -0.0530. The second-order valence-corrected chi connectivity index (χ2v) is 5.24. The molecular weight excluding hydrogens is 230 g/mol. The molecule has 0 fully saturated rings. The lowest BCUT2D eigenvalue weighted by atomic mass is 9.88. The van der Waals surface area contributed by atoms with Crippen molar-refractivity contribution < 1.29 is 14.7 Å². The molecule has 0 spiro atoms. The van der Waals surface area contributed by atoms with Crippen LogP contribution in [0.1, 0.15) is 47.0 Å². The van der Waals surface area contributed by atoms with Crippen molar-refractivity contribution in [3.63, 3.8) is 0 Å². The summed E-state index contributed by atoms with van der Waals surface area (Å²) in [6.07, 6.45) is 3.27. The molecule has 1 amide bonds. The Hall–Kier alpha value is -1.32. The Labute approximate surface area is 109 Å². The predicted octanol–water partition coefficient (Wildman–Crippen LogP) is 2.60. The maximum absolute atomic E-state index is 11.4. The van der Waals surface area contributed by atoms with Gasteiger partial charge in [-0.05, 0) is 38.5 Å². The second kappa shape index (κ2) is 8.72. The molecule has 0 heterocycles. The van der Waals surface area contributed by atoms with Crippen LogP contribution in [-0.4, -0.2) is 23.5 Å². The first-order valence-corrected chi connectivity index (χ1v) is 6.47. The van der Waals surface area contributed by atoms with Crippen molar-refractivity contribution in [3.05, 3.63) is 11.6 Å². The molecule has 0 rings (SSSR count). The molecule has 2 N–H and O–H groups in total. The molecule has 0 aliphatic heterocycles. The molecule has 0 radical (unpaired) electrons. The van der Waals surface area contributed by atoms with E-state index in [9.17, 15) is 9.59 Å². The minimum absolute atomic E-state index is 0.0734. The molecule has 0 aromatic rings. The molecule has 4 nitrogen and oxygen atoms in total. The van der Waals surface area contributed by atoms with E-state index in [1.165, 1.54) is 0 Å².